The lowest BCUT2D eigenvalue weighted by molar-refractivity contribution is 0.757. The minimum atomic E-state index is -0.102. The van der Waals surface area contributed by atoms with Crippen molar-refractivity contribution in [2.75, 3.05) is 0 Å². The smallest absolute Gasteiger partial charge is 0.142 e. The number of hydrogen-bond acceptors (Lipinski definition) is 6. The lowest BCUT2D eigenvalue weighted by Crippen LogP contribution is -2.30. The van der Waals surface area contributed by atoms with E-state index in [0.717, 1.165) is 54.4 Å². The largest absolute Gasteiger partial charge is 0.324 e. The van der Waals surface area contributed by atoms with Crippen LogP contribution in [0.25, 0.3) is 90.0 Å². The quantitative estimate of drug-likeness (QED) is 0.179. The number of rotatable bonds is 0. The molecule has 2 N–H and O–H groups in total. The first kappa shape index (κ1) is 30.1. The van der Waals surface area contributed by atoms with E-state index >= 15 is 0 Å². The number of aromatic nitrogens is 8. The Bertz CT molecular complexity index is 3420. The van der Waals surface area contributed by atoms with Gasteiger partial charge in [-0.1, -0.05) is 121 Å². The summed E-state index contributed by atoms with van der Waals surface area (Å²) in [4.78, 5) is 39.4. The maximum absolute atomic E-state index is 5.38. The molecule has 2 aliphatic heterocycles. The van der Waals surface area contributed by atoms with Crippen molar-refractivity contribution in [3.05, 3.63) is 165 Å². The maximum Gasteiger partial charge on any atom is 0.142 e. The lowest BCUT2D eigenvalue weighted by atomic mass is 9.86. The van der Waals surface area contributed by atoms with E-state index in [9.17, 15) is 0 Å². The standard InChI is InChI=1S/C48H30N8/c1-2-10-26-18-34-33(17-25(26)9-1)41-49-42(34)54-44-37-21-29-13-5-6-14-30(29)22-38(37)46(51-44)56-48-40-24-32-16-8-7-15-31(32)23-39(40)47(52-48)55-45-36-20-28-12-4-3-11-27(28)19-35(36)43(50-45)53-41/h1-24,33-36H,(H2,49,50,51,52,53,54,55,56). The van der Waals surface area contributed by atoms with Gasteiger partial charge in [-0.3, -0.25) is 0 Å². The van der Waals surface area contributed by atoms with Gasteiger partial charge in [0.05, 0.1) is 23.7 Å². The number of nitrogens with zero attached hydrogens (tertiary/aromatic N) is 6. The third-order valence-corrected chi connectivity index (χ3v) is 12.0. The zero-order chi connectivity index (χ0) is 36.5. The third kappa shape index (κ3) is 4.41. The molecular weight excluding hydrogens is 689 g/mol. The SMILES string of the molecule is C1=c2ccccc2=CC2c3nc(nc4nc(nc5[nH]c(nc6[nH]c(n3)c3cc7ccccc7cc63)c3cc6ccccc6cc53)C3C=c5ccccc5=CC43)C12. The average Bonchev–Trinajstić information content (AvgIpc) is 3.95. The summed E-state index contributed by atoms with van der Waals surface area (Å²) in [5, 5.41) is 13.1. The summed E-state index contributed by atoms with van der Waals surface area (Å²) in [6.45, 7) is 0. The van der Waals surface area contributed by atoms with Crippen LogP contribution in [0, 0.1) is 0 Å². The fraction of sp³-hybridized carbons (Fsp3) is 0.0833. The molecule has 4 atom stereocenters. The molecule has 2 aliphatic carbocycles. The highest BCUT2D eigenvalue weighted by molar-refractivity contribution is 6.13. The van der Waals surface area contributed by atoms with E-state index in [1.54, 1.807) is 0 Å². The van der Waals surface area contributed by atoms with Gasteiger partial charge in [0.1, 0.15) is 45.9 Å². The molecule has 6 aromatic carbocycles. The average molecular weight is 719 g/mol. The van der Waals surface area contributed by atoms with E-state index < -0.39 is 0 Å². The first-order valence-corrected chi connectivity index (χ1v) is 19.1. The van der Waals surface area contributed by atoms with Gasteiger partial charge in [0, 0.05) is 21.5 Å². The van der Waals surface area contributed by atoms with Crippen molar-refractivity contribution in [3.63, 3.8) is 0 Å². The first-order valence-electron chi connectivity index (χ1n) is 19.1. The molecular formula is C48H30N8. The molecule has 9 aromatic rings. The van der Waals surface area contributed by atoms with Crippen molar-refractivity contribution in [2.45, 2.75) is 23.7 Å². The van der Waals surface area contributed by atoms with Crippen molar-refractivity contribution < 1.29 is 0 Å². The van der Waals surface area contributed by atoms with Crippen LogP contribution in [0.1, 0.15) is 47.0 Å². The van der Waals surface area contributed by atoms with Crippen molar-refractivity contribution in [1.29, 1.82) is 0 Å². The summed E-state index contributed by atoms with van der Waals surface area (Å²) in [5.41, 5.74) is 2.87. The summed E-state index contributed by atoms with van der Waals surface area (Å²) in [6.07, 6.45) is 9.18. The van der Waals surface area contributed by atoms with Crippen LogP contribution in [0.2, 0.25) is 0 Å². The van der Waals surface area contributed by atoms with Crippen LogP contribution in [-0.4, -0.2) is 39.9 Å². The normalized spacial score (nSPS) is 19.3. The molecule has 56 heavy (non-hydrogen) atoms. The fourth-order valence-electron chi connectivity index (χ4n) is 9.26. The van der Waals surface area contributed by atoms with Gasteiger partial charge < -0.3 is 9.97 Å². The van der Waals surface area contributed by atoms with E-state index in [2.05, 4.69) is 156 Å². The van der Waals surface area contributed by atoms with Gasteiger partial charge in [-0.25, -0.2) is 29.9 Å². The molecule has 3 aromatic heterocycles. The van der Waals surface area contributed by atoms with E-state index in [-0.39, 0.29) is 23.7 Å². The Balaban J connectivity index is 1.21. The Morgan fingerprint density at radius 1 is 0.304 bits per heavy atom. The molecule has 5 heterocycles. The third-order valence-electron chi connectivity index (χ3n) is 12.0. The second-order valence-corrected chi connectivity index (χ2v) is 15.3. The molecule has 8 bridgehead atoms. The Hall–Kier alpha value is -7.32. The van der Waals surface area contributed by atoms with Gasteiger partial charge in [-0.15, -0.1) is 0 Å². The van der Waals surface area contributed by atoms with Crippen LogP contribution < -0.4 is 20.9 Å². The highest BCUT2D eigenvalue weighted by atomic mass is 15.1. The Labute approximate surface area is 318 Å². The number of nitrogens with one attached hydrogen (secondary N) is 2. The molecule has 4 unspecified atom stereocenters. The van der Waals surface area contributed by atoms with Gasteiger partial charge in [-0.05, 0) is 66.7 Å². The summed E-state index contributed by atoms with van der Waals surface area (Å²) in [6, 6.07) is 42.7. The molecule has 262 valence electrons. The molecule has 0 fully saturated rings. The molecule has 0 saturated carbocycles. The van der Waals surface area contributed by atoms with Gasteiger partial charge >= 0.3 is 0 Å². The van der Waals surface area contributed by atoms with E-state index in [1.165, 1.54) is 20.9 Å². The lowest BCUT2D eigenvalue weighted by Gasteiger charge is -2.17. The molecule has 0 spiro atoms. The zero-order valence-electron chi connectivity index (χ0n) is 29.8. The van der Waals surface area contributed by atoms with Crippen LogP contribution in [0.3, 0.4) is 0 Å². The number of aromatic amines is 2. The zero-order valence-corrected chi connectivity index (χ0v) is 29.8. The van der Waals surface area contributed by atoms with Gasteiger partial charge in [-0.2, -0.15) is 0 Å². The molecule has 13 rings (SSSR count). The first-order chi connectivity index (χ1) is 27.7. The maximum atomic E-state index is 5.38. The highest BCUT2D eigenvalue weighted by Gasteiger charge is 2.37. The number of fused-ring (bicyclic) bond motifs is 24. The van der Waals surface area contributed by atoms with Gasteiger partial charge in [0.2, 0.25) is 0 Å². The van der Waals surface area contributed by atoms with Gasteiger partial charge in [0.25, 0.3) is 0 Å². The predicted molar refractivity (Wildman–Crippen MR) is 222 cm³/mol. The van der Waals surface area contributed by atoms with Crippen LogP contribution in [-0.2, 0) is 0 Å². The fourth-order valence-corrected chi connectivity index (χ4v) is 9.26. The molecule has 4 aliphatic rings. The van der Waals surface area contributed by atoms with Crippen LogP contribution >= 0.6 is 0 Å². The summed E-state index contributed by atoms with van der Waals surface area (Å²) >= 11 is 0. The number of H-pyrrole nitrogens is 2. The number of benzene rings is 6. The predicted octanol–water partition coefficient (Wildman–Crippen LogP) is 6.79. The van der Waals surface area contributed by atoms with E-state index in [1.807, 2.05) is 0 Å². The minimum Gasteiger partial charge on any atom is -0.324 e. The second-order valence-electron chi connectivity index (χ2n) is 15.3. The minimum absolute atomic E-state index is 0.102. The van der Waals surface area contributed by atoms with Gasteiger partial charge in [0.15, 0.2) is 0 Å². The van der Waals surface area contributed by atoms with Crippen LogP contribution in [0.5, 0.6) is 0 Å². The molecule has 8 nitrogen and oxygen atoms in total. The summed E-state index contributed by atoms with van der Waals surface area (Å²) < 4.78 is 0. The van der Waals surface area contributed by atoms with Crippen molar-refractivity contribution in [2.24, 2.45) is 0 Å². The Morgan fingerprint density at radius 2 is 0.571 bits per heavy atom. The topological polar surface area (TPSA) is 109 Å². The molecule has 0 radical (unpaired) electrons. The summed E-state index contributed by atoms with van der Waals surface area (Å²) in [5.74, 6) is 2.44. The Kier molecular flexibility index (Phi) is 5.97. The van der Waals surface area contributed by atoms with E-state index in [0.29, 0.717) is 34.6 Å². The second kappa shape index (κ2) is 11.1. The van der Waals surface area contributed by atoms with Crippen molar-refractivity contribution in [1.82, 2.24) is 39.9 Å². The van der Waals surface area contributed by atoms with Crippen LogP contribution in [0.4, 0.5) is 0 Å². The van der Waals surface area contributed by atoms with Crippen molar-refractivity contribution >= 4 is 90.0 Å². The molecule has 0 amide bonds. The monoisotopic (exact) mass is 718 g/mol. The van der Waals surface area contributed by atoms with Crippen LogP contribution in [0.15, 0.2) is 121 Å². The summed E-state index contributed by atoms with van der Waals surface area (Å²) in [7, 11) is 0. The number of hydrogen-bond donors (Lipinski definition) is 2. The highest BCUT2D eigenvalue weighted by Crippen LogP contribution is 2.42. The van der Waals surface area contributed by atoms with Crippen molar-refractivity contribution in [3.8, 4) is 0 Å². The Morgan fingerprint density at radius 3 is 0.893 bits per heavy atom. The van der Waals surface area contributed by atoms with E-state index in [4.69, 9.17) is 29.9 Å². The molecule has 8 heteroatoms. The molecule has 0 saturated heterocycles.